The molecule has 2 aromatic heterocycles. The maximum absolute atomic E-state index is 12.1. The minimum Gasteiger partial charge on any atom is -0.272 e. The minimum absolute atomic E-state index is 0.0331. The molecule has 0 aromatic carbocycles. The normalized spacial score (nSPS) is 11.0. The van der Waals surface area contributed by atoms with E-state index in [4.69, 9.17) is 11.6 Å². The number of aromatic nitrogens is 4. The highest BCUT2D eigenvalue weighted by atomic mass is 35.5. The fourth-order valence-corrected chi connectivity index (χ4v) is 2.22. The topological polar surface area (TPSA) is 52.7 Å². The Bertz CT molecular complexity index is 627. The smallest absolute Gasteiger partial charge is 0.248 e. The van der Waals surface area contributed by atoms with Crippen LogP contribution in [0.5, 0.6) is 0 Å². The maximum Gasteiger partial charge on any atom is 0.248 e. The molecule has 2 aromatic rings. The van der Waals surface area contributed by atoms with Crippen LogP contribution in [0.25, 0.3) is 0 Å². The molecule has 0 bridgehead atoms. The quantitative estimate of drug-likeness (QED) is 0.869. The van der Waals surface area contributed by atoms with E-state index in [9.17, 15) is 4.79 Å². The van der Waals surface area contributed by atoms with Crippen LogP contribution in [0.2, 0.25) is 5.02 Å². The predicted molar refractivity (Wildman–Crippen MR) is 73.7 cm³/mol. The molecule has 6 heteroatoms. The van der Waals surface area contributed by atoms with Gasteiger partial charge in [-0.1, -0.05) is 11.6 Å². The summed E-state index contributed by atoms with van der Waals surface area (Å²) in [6, 6.07) is 1.89. The van der Waals surface area contributed by atoms with E-state index in [1.165, 1.54) is 4.68 Å². The first-order valence-electron chi connectivity index (χ1n) is 6.16. The number of nitrogens with zero attached hydrogens (tertiary/aromatic N) is 4. The van der Waals surface area contributed by atoms with Crippen LogP contribution in [-0.4, -0.2) is 25.5 Å². The number of rotatable bonds is 3. The third-order valence-corrected chi connectivity index (χ3v) is 3.62. The summed E-state index contributed by atoms with van der Waals surface area (Å²) in [6.45, 7) is 8.01. The number of hydrogen-bond donors (Lipinski definition) is 0. The highest BCUT2D eigenvalue weighted by Gasteiger charge is 2.13. The van der Waals surface area contributed by atoms with Crippen LogP contribution in [0.15, 0.2) is 6.07 Å². The van der Waals surface area contributed by atoms with Crippen LogP contribution in [-0.2, 0) is 6.54 Å². The molecule has 19 heavy (non-hydrogen) atoms. The van der Waals surface area contributed by atoms with Crippen molar-refractivity contribution in [2.75, 3.05) is 0 Å². The van der Waals surface area contributed by atoms with Crippen molar-refractivity contribution in [2.45, 2.75) is 40.7 Å². The van der Waals surface area contributed by atoms with Crippen molar-refractivity contribution in [3.8, 4) is 0 Å². The van der Waals surface area contributed by atoms with Gasteiger partial charge in [-0.2, -0.15) is 10.2 Å². The average Bonchev–Trinajstić information content (AvgIpc) is 2.81. The third kappa shape index (κ3) is 2.71. The lowest BCUT2D eigenvalue weighted by Gasteiger charge is -2.05. The van der Waals surface area contributed by atoms with Crippen molar-refractivity contribution in [1.29, 1.82) is 0 Å². The lowest BCUT2D eigenvalue weighted by Crippen LogP contribution is -2.17. The highest BCUT2D eigenvalue weighted by molar-refractivity contribution is 6.31. The molecule has 0 fully saturated rings. The molecule has 0 atom stereocenters. The van der Waals surface area contributed by atoms with Gasteiger partial charge in [-0.15, -0.1) is 0 Å². The van der Waals surface area contributed by atoms with Crippen LogP contribution in [0, 0.1) is 27.7 Å². The van der Waals surface area contributed by atoms with Gasteiger partial charge in [0.15, 0.2) is 0 Å². The third-order valence-electron chi connectivity index (χ3n) is 3.08. The summed E-state index contributed by atoms with van der Waals surface area (Å²) in [7, 11) is 0. The first-order chi connectivity index (χ1) is 8.90. The molecule has 0 amide bonds. The van der Waals surface area contributed by atoms with Crippen molar-refractivity contribution in [3.05, 3.63) is 33.9 Å². The van der Waals surface area contributed by atoms with E-state index >= 15 is 0 Å². The lowest BCUT2D eigenvalue weighted by molar-refractivity contribution is 0.0876. The summed E-state index contributed by atoms with van der Waals surface area (Å²) >= 11 is 6.07. The molecule has 0 saturated carbocycles. The molecular formula is C13H17ClN4O. The minimum atomic E-state index is -0.0331. The van der Waals surface area contributed by atoms with Crippen LogP contribution in [0.4, 0.5) is 0 Å². The summed E-state index contributed by atoms with van der Waals surface area (Å²) in [6.07, 6.45) is 0.347. The van der Waals surface area contributed by atoms with Crippen LogP contribution in [0.1, 0.15) is 34.0 Å². The fraction of sp³-hybridized carbons (Fsp3) is 0.462. The summed E-state index contributed by atoms with van der Waals surface area (Å²) in [4.78, 5) is 12.1. The molecule has 102 valence electrons. The van der Waals surface area contributed by atoms with Gasteiger partial charge in [0.1, 0.15) is 0 Å². The molecule has 0 saturated heterocycles. The Balaban J connectivity index is 2.08. The predicted octanol–water partition coefficient (Wildman–Crippen LogP) is 2.70. The van der Waals surface area contributed by atoms with Gasteiger partial charge >= 0.3 is 0 Å². The average molecular weight is 281 g/mol. The number of hydrogen-bond acceptors (Lipinski definition) is 3. The van der Waals surface area contributed by atoms with Crippen molar-refractivity contribution in [1.82, 2.24) is 19.6 Å². The Morgan fingerprint density at radius 3 is 2.42 bits per heavy atom. The van der Waals surface area contributed by atoms with E-state index in [0.717, 1.165) is 22.8 Å². The first-order valence-corrected chi connectivity index (χ1v) is 6.54. The Hall–Kier alpha value is -1.62. The van der Waals surface area contributed by atoms with Crippen molar-refractivity contribution >= 4 is 17.5 Å². The zero-order valence-electron chi connectivity index (χ0n) is 11.6. The summed E-state index contributed by atoms with van der Waals surface area (Å²) < 4.78 is 3.21. The van der Waals surface area contributed by atoms with Gasteiger partial charge in [0.2, 0.25) is 5.91 Å². The molecule has 0 aliphatic heterocycles. The number of carbonyl (C=O) groups is 1. The van der Waals surface area contributed by atoms with E-state index in [-0.39, 0.29) is 5.91 Å². The fourth-order valence-electron chi connectivity index (χ4n) is 2.08. The summed E-state index contributed by atoms with van der Waals surface area (Å²) in [5, 5.41) is 9.15. The first kappa shape index (κ1) is 13.8. The molecule has 2 heterocycles. The second-order valence-electron chi connectivity index (χ2n) is 4.69. The molecular weight excluding hydrogens is 264 g/mol. The largest absolute Gasteiger partial charge is 0.272 e. The van der Waals surface area contributed by atoms with E-state index in [2.05, 4.69) is 10.2 Å². The molecule has 5 nitrogen and oxygen atoms in total. The lowest BCUT2D eigenvalue weighted by atomic mass is 10.3. The number of halogens is 1. The van der Waals surface area contributed by atoms with Gasteiger partial charge in [-0.05, 0) is 33.8 Å². The van der Waals surface area contributed by atoms with E-state index in [1.807, 2.05) is 33.8 Å². The Morgan fingerprint density at radius 2 is 1.95 bits per heavy atom. The molecule has 2 rings (SSSR count). The highest BCUT2D eigenvalue weighted by Crippen LogP contribution is 2.19. The molecule has 0 unspecified atom stereocenters. The molecule has 0 aliphatic rings. The van der Waals surface area contributed by atoms with Crippen molar-refractivity contribution in [3.63, 3.8) is 0 Å². The van der Waals surface area contributed by atoms with E-state index in [0.29, 0.717) is 18.0 Å². The van der Waals surface area contributed by atoms with E-state index < -0.39 is 0 Å². The zero-order valence-corrected chi connectivity index (χ0v) is 12.3. The van der Waals surface area contributed by atoms with Crippen LogP contribution >= 0.6 is 11.6 Å². The molecule has 0 radical (unpaired) electrons. The standard InChI is InChI=1S/C13H17ClN4O/c1-8-7-9(2)18(15-8)12(19)5-6-17-11(4)13(14)10(3)16-17/h7H,5-6H2,1-4H3. The van der Waals surface area contributed by atoms with Gasteiger partial charge in [-0.25, -0.2) is 4.68 Å². The molecule has 0 N–H and O–H groups in total. The molecule has 0 spiro atoms. The maximum atomic E-state index is 12.1. The SMILES string of the molecule is Cc1cc(C)n(C(=O)CCn2nc(C)c(Cl)c2C)n1. The van der Waals surface area contributed by atoms with Crippen molar-refractivity contribution < 1.29 is 4.79 Å². The second kappa shape index (κ2) is 5.17. The van der Waals surface area contributed by atoms with E-state index in [1.54, 1.807) is 4.68 Å². The Morgan fingerprint density at radius 1 is 1.26 bits per heavy atom. The van der Waals surface area contributed by atoms with Gasteiger partial charge in [0.25, 0.3) is 0 Å². The van der Waals surface area contributed by atoms with Crippen LogP contribution < -0.4 is 0 Å². The molecule has 0 aliphatic carbocycles. The van der Waals surface area contributed by atoms with Gasteiger partial charge in [0.05, 0.1) is 28.6 Å². The van der Waals surface area contributed by atoms with Gasteiger partial charge < -0.3 is 0 Å². The summed E-state index contributed by atoms with van der Waals surface area (Å²) in [5.41, 5.74) is 3.38. The monoisotopic (exact) mass is 280 g/mol. The number of aryl methyl sites for hydroxylation is 4. The second-order valence-corrected chi connectivity index (χ2v) is 5.07. The number of carbonyl (C=O) groups excluding carboxylic acids is 1. The Kier molecular flexibility index (Phi) is 3.75. The van der Waals surface area contributed by atoms with Gasteiger partial charge in [-0.3, -0.25) is 9.48 Å². The van der Waals surface area contributed by atoms with Crippen LogP contribution in [0.3, 0.4) is 0 Å². The Labute approximate surface area is 117 Å². The summed E-state index contributed by atoms with van der Waals surface area (Å²) in [5.74, 6) is -0.0331. The van der Waals surface area contributed by atoms with Crippen molar-refractivity contribution in [2.24, 2.45) is 0 Å². The van der Waals surface area contributed by atoms with Gasteiger partial charge in [0, 0.05) is 12.1 Å². The zero-order chi connectivity index (χ0) is 14.2.